The van der Waals surface area contributed by atoms with Crippen LogP contribution in [0.15, 0.2) is 54.6 Å². The third-order valence-corrected chi connectivity index (χ3v) is 2.93. The SMILES string of the molecule is COc1cccc(C(=O)N(C)Cc2ccccc2)c1. The largest absolute Gasteiger partial charge is 0.497 e. The van der Waals surface area contributed by atoms with E-state index in [1.54, 1.807) is 31.2 Å². The third-order valence-electron chi connectivity index (χ3n) is 2.93. The van der Waals surface area contributed by atoms with E-state index in [2.05, 4.69) is 0 Å². The van der Waals surface area contributed by atoms with Crippen LogP contribution in [-0.4, -0.2) is 25.0 Å². The molecule has 0 fully saturated rings. The zero-order chi connectivity index (χ0) is 13.7. The van der Waals surface area contributed by atoms with E-state index in [1.807, 2.05) is 42.5 Å². The summed E-state index contributed by atoms with van der Waals surface area (Å²) in [5, 5.41) is 0. The molecule has 0 unspecified atom stereocenters. The highest BCUT2D eigenvalue weighted by molar-refractivity contribution is 5.94. The number of methoxy groups -OCH3 is 1. The van der Waals surface area contributed by atoms with Crippen molar-refractivity contribution in [3.05, 3.63) is 65.7 Å². The molecule has 0 radical (unpaired) electrons. The highest BCUT2D eigenvalue weighted by Crippen LogP contribution is 2.15. The standard InChI is InChI=1S/C16H17NO2/c1-17(12-13-7-4-3-5-8-13)16(18)14-9-6-10-15(11-14)19-2/h3-11H,12H2,1-2H3. The van der Waals surface area contributed by atoms with Gasteiger partial charge in [-0.15, -0.1) is 0 Å². The first kappa shape index (κ1) is 13.1. The Morgan fingerprint density at radius 3 is 2.53 bits per heavy atom. The van der Waals surface area contributed by atoms with Crippen LogP contribution in [0.3, 0.4) is 0 Å². The minimum Gasteiger partial charge on any atom is -0.497 e. The van der Waals surface area contributed by atoms with Gasteiger partial charge in [0.1, 0.15) is 5.75 Å². The zero-order valence-electron chi connectivity index (χ0n) is 11.2. The first-order valence-electron chi connectivity index (χ1n) is 6.14. The number of rotatable bonds is 4. The molecule has 0 aliphatic rings. The number of benzene rings is 2. The van der Waals surface area contributed by atoms with Crippen LogP contribution in [0.2, 0.25) is 0 Å². The molecule has 98 valence electrons. The number of ether oxygens (including phenoxy) is 1. The molecule has 0 saturated heterocycles. The van der Waals surface area contributed by atoms with Gasteiger partial charge >= 0.3 is 0 Å². The van der Waals surface area contributed by atoms with Gasteiger partial charge in [-0.25, -0.2) is 0 Å². The third kappa shape index (κ3) is 3.35. The van der Waals surface area contributed by atoms with E-state index >= 15 is 0 Å². The van der Waals surface area contributed by atoms with Gasteiger partial charge in [0.25, 0.3) is 5.91 Å². The average molecular weight is 255 g/mol. The van der Waals surface area contributed by atoms with Gasteiger partial charge in [0.15, 0.2) is 0 Å². The van der Waals surface area contributed by atoms with Crippen molar-refractivity contribution in [2.45, 2.75) is 6.54 Å². The number of nitrogens with zero attached hydrogens (tertiary/aromatic N) is 1. The van der Waals surface area contributed by atoms with Gasteiger partial charge in [0, 0.05) is 19.2 Å². The van der Waals surface area contributed by atoms with Gasteiger partial charge < -0.3 is 9.64 Å². The molecule has 0 heterocycles. The summed E-state index contributed by atoms with van der Waals surface area (Å²) in [5.41, 5.74) is 1.75. The normalized spacial score (nSPS) is 10.0. The van der Waals surface area contributed by atoms with Crippen LogP contribution in [0, 0.1) is 0 Å². The Balaban J connectivity index is 2.10. The maximum Gasteiger partial charge on any atom is 0.254 e. The molecule has 3 heteroatoms. The second-order valence-corrected chi connectivity index (χ2v) is 4.38. The lowest BCUT2D eigenvalue weighted by Crippen LogP contribution is -2.26. The summed E-state index contributed by atoms with van der Waals surface area (Å²) in [7, 11) is 3.39. The lowest BCUT2D eigenvalue weighted by atomic mass is 10.1. The highest BCUT2D eigenvalue weighted by atomic mass is 16.5. The van der Waals surface area contributed by atoms with Crippen molar-refractivity contribution in [1.29, 1.82) is 0 Å². The first-order valence-corrected chi connectivity index (χ1v) is 6.14. The zero-order valence-corrected chi connectivity index (χ0v) is 11.2. The van der Waals surface area contributed by atoms with Crippen LogP contribution in [-0.2, 0) is 6.54 Å². The molecule has 0 aliphatic heterocycles. The van der Waals surface area contributed by atoms with Gasteiger partial charge in [-0.05, 0) is 23.8 Å². The summed E-state index contributed by atoms with van der Waals surface area (Å²) in [6.07, 6.45) is 0. The molecule has 0 aliphatic carbocycles. The number of hydrogen-bond acceptors (Lipinski definition) is 2. The second kappa shape index (κ2) is 6.05. The van der Waals surface area contributed by atoms with E-state index in [-0.39, 0.29) is 5.91 Å². The monoisotopic (exact) mass is 255 g/mol. The summed E-state index contributed by atoms with van der Waals surface area (Å²) in [5.74, 6) is 0.682. The Kier molecular flexibility index (Phi) is 4.18. The molecule has 2 aromatic rings. The highest BCUT2D eigenvalue weighted by Gasteiger charge is 2.12. The molecule has 2 rings (SSSR count). The fraction of sp³-hybridized carbons (Fsp3) is 0.188. The molecular weight excluding hydrogens is 238 g/mol. The van der Waals surface area contributed by atoms with E-state index < -0.39 is 0 Å². The predicted molar refractivity (Wildman–Crippen MR) is 75.2 cm³/mol. The molecule has 0 N–H and O–H groups in total. The van der Waals surface area contributed by atoms with E-state index in [0.717, 1.165) is 5.56 Å². The van der Waals surface area contributed by atoms with Gasteiger partial charge in [0.05, 0.1) is 7.11 Å². The van der Waals surface area contributed by atoms with Crippen molar-refractivity contribution in [3.8, 4) is 5.75 Å². The maximum absolute atomic E-state index is 12.3. The minimum atomic E-state index is -0.0113. The Labute approximate surface area is 113 Å². The summed E-state index contributed by atoms with van der Waals surface area (Å²) in [6.45, 7) is 0.594. The van der Waals surface area contributed by atoms with Crippen molar-refractivity contribution >= 4 is 5.91 Å². The number of carbonyl (C=O) groups excluding carboxylic acids is 1. The molecule has 0 spiro atoms. The molecule has 1 amide bonds. The Morgan fingerprint density at radius 2 is 1.84 bits per heavy atom. The van der Waals surface area contributed by atoms with Gasteiger partial charge in [0.2, 0.25) is 0 Å². The molecule has 0 aromatic heterocycles. The minimum absolute atomic E-state index is 0.0113. The number of hydrogen-bond donors (Lipinski definition) is 0. The van der Waals surface area contributed by atoms with Crippen LogP contribution in [0.25, 0.3) is 0 Å². The Bertz CT molecular complexity index is 552. The summed E-state index contributed by atoms with van der Waals surface area (Å²) in [4.78, 5) is 14.0. The maximum atomic E-state index is 12.3. The van der Waals surface area contributed by atoms with Crippen LogP contribution < -0.4 is 4.74 Å². The number of amides is 1. The Morgan fingerprint density at radius 1 is 1.11 bits per heavy atom. The second-order valence-electron chi connectivity index (χ2n) is 4.38. The molecule has 3 nitrogen and oxygen atoms in total. The van der Waals surface area contributed by atoms with Gasteiger partial charge in [-0.1, -0.05) is 36.4 Å². The molecular formula is C16H17NO2. The topological polar surface area (TPSA) is 29.5 Å². The van der Waals surface area contributed by atoms with Crippen molar-refractivity contribution in [2.24, 2.45) is 0 Å². The van der Waals surface area contributed by atoms with Gasteiger partial charge in [-0.2, -0.15) is 0 Å². The van der Waals surface area contributed by atoms with E-state index in [4.69, 9.17) is 4.74 Å². The smallest absolute Gasteiger partial charge is 0.254 e. The number of carbonyl (C=O) groups is 1. The molecule has 19 heavy (non-hydrogen) atoms. The van der Waals surface area contributed by atoms with Crippen LogP contribution in [0.1, 0.15) is 15.9 Å². The summed E-state index contributed by atoms with van der Waals surface area (Å²) >= 11 is 0. The van der Waals surface area contributed by atoms with Crippen LogP contribution in [0.4, 0.5) is 0 Å². The van der Waals surface area contributed by atoms with Gasteiger partial charge in [-0.3, -0.25) is 4.79 Å². The average Bonchev–Trinajstić information content (AvgIpc) is 2.47. The first-order chi connectivity index (χ1) is 9.20. The Hall–Kier alpha value is -2.29. The lowest BCUT2D eigenvalue weighted by Gasteiger charge is -2.17. The quantitative estimate of drug-likeness (QED) is 0.840. The van der Waals surface area contributed by atoms with E-state index in [1.165, 1.54) is 0 Å². The van der Waals surface area contributed by atoms with Crippen LogP contribution in [0.5, 0.6) is 5.75 Å². The fourth-order valence-corrected chi connectivity index (χ4v) is 1.91. The predicted octanol–water partition coefficient (Wildman–Crippen LogP) is 2.97. The van der Waals surface area contributed by atoms with Crippen LogP contribution >= 0.6 is 0 Å². The lowest BCUT2D eigenvalue weighted by molar-refractivity contribution is 0.0784. The van der Waals surface area contributed by atoms with Crippen molar-refractivity contribution in [2.75, 3.05) is 14.2 Å². The molecule has 0 bridgehead atoms. The van der Waals surface area contributed by atoms with E-state index in [9.17, 15) is 4.79 Å². The molecule has 0 saturated carbocycles. The fourth-order valence-electron chi connectivity index (χ4n) is 1.91. The van der Waals surface area contributed by atoms with Crippen molar-refractivity contribution < 1.29 is 9.53 Å². The molecule has 2 aromatic carbocycles. The summed E-state index contributed by atoms with van der Waals surface area (Å²) < 4.78 is 5.13. The summed E-state index contributed by atoms with van der Waals surface area (Å²) in [6, 6.07) is 17.1. The molecule has 0 atom stereocenters. The van der Waals surface area contributed by atoms with Crippen molar-refractivity contribution in [1.82, 2.24) is 4.90 Å². The van der Waals surface area contributed by atoms with Crippen molar-refractivity contribution in [3.63, 3.8) is 0 Å². The van der Waals surface area contributed by atoms with E-state index in [0.29, 0.717) is 17.9 Å².